The van der Waals surface area contributed by atoms with Crippen molar-refractivity contribution < 1.29 is 14.3 Å². The van der Waals surface area contributed by atoms with Crippen LogP contribution in [-0.4, -0.2) is 62.0 Å². The van der Waals surface area contributed by atoms with Crippen LogP contribution in [0.1, 0.15) is 114 Å². The molecule has 7 nitrogen and oxygen atoms in total. The van der Waals surface area contributed by atoms with Gasteiger partial charge in [-0.2, -0.15) is 0 Å². The summed E-state index contributed by atoms with van der Waals surface area (Å²) in [7, 11) is 0. The Labute approximate surface area is 243 Å². The summed E-state index contributed by atoms with van der Waals surface area (Å²) >= 11 is 6.24. The molecule has 2 aromatic rings. The Morgan fingerprint density at radius 3 is 2.38 bits per heavy atom. The number of fused-ring (bicyclic) bond motifs is 1. The summed E-state index contributed by atoms with van der Waals surface area (Å²) in [6.07, 6.45) is 6.79. The third-order valence-electron chi connectivity index (χ3n) is 9.00. The number of ether oxygens (including phenoxy) is 1. The zero-order valence-electron chi connectivity index (χ0n) is 24.7. The van der Waals surface area contributed by atoms with Gasteiger partial charge in [-0.1, -0.05) is 30.7 Å². The molecule has 3 aliphatic rings. The lowest BCUT2D eigenvalue weighted by molar-refractivity contribution is -0.135. The largest absolute Gasteiger partial charge is 0.444 e. The van der Waals surface area contributed by atoms with Gasteiger partial charge in [0, 0.05) is 35.3 Å². The van der Waals surface area contributed by atoms with Crippen LogP contribution in [0.5, 0.6) is 0 Å². The molecule has 2 aliphatic heterocycles. The predicted octanol–water partition coefficient (Wildman–Crippen LogP) is 6.85. The van der Waals surface area contributed by atoms with Crippen molar-refractivity contribution in [2.24, 2.45) is 0 Å². The maximum Gasteiger partial charge on any atom is 0.411 e. The van der Waals surface area contributed by atoms with Crippen LogP contribution in [0.3, 0.4) is 0 Å². The summed E-state index contributed by atoms with van der Waals surface area (Å²) in [5.74, 6) is 0.397. The fourth-order valence-corrected chi connectivity index (χ4v) is 7.11. The number of likely N-dealkylation sites (tertiary alicyclic amines) is 2. The maximum absolute atomic E-state index is 14.4. The number of carbonyl (C=O) groups is 2. The number of nitrogens with zero attached hydrogens (tertiary/aromatic N) is 4. The van der Waals surface area contributed by atoms with Crippen LogP contribution < -0.4 is 0 Å². The first-order valence-electron chi connectivity index (χ1n) is 14.8. The van der Waals surface area contributed by atoms with E-state index in [9.17, 15) is 9.59 Å². The minimum atomic E-state index is -0.624. The number of piperidine rings is 1. The minimum absolute atomic E-state index is 0.0679. The van der Waals surface area contributed by atoms with Crippen LogP contribution in [0.2, 0.25) is 5.02 Å². The first-order valence-corrected chi connectivity index (χ1v) is 15.1. The molecule has 216 valence electrons. The van der Waals surface area contributed by atoms with Gasteiger partial charge in [-0.25, -0.2) is 14.8 Å². The molecule has 2 amide bonds. The molecule has 0 saturated carbocycles. The summed E-state index contributed by atoms with van der Waals surface area (Å²) in [6, 6.07) is 7.22. The van der Waals surface area contributed by atoms with Gasteiger partial charge in [-0.3, -0.25) is 9.69 Å². The summed E-state index contributed by atoms with van der Waals surface area (Å²) in [5.41, 5.74) is 3.56. The fraction of sp³-hybridized carbons (Fsp3) is 0.625. The van der Waals surface area contributed by atoms with Crippen LogP contribution in [0.15, 0.2) is 30.6 Å². The molecule has 0 N–H and O–H groups in total. The second-order valence-corrected chi connectivity index (χ2v) is 13.9. The van der Waals surface area contributed by atoms with Crippen molar-refractivity contribution in [3.05, 3.63) is 58.1 Å². The van der Waals surface area contributed by atoms with Crippen molar-refractivity contribution in [1.29, 1.82) is 0 Å². The van der Waals surface area contributed by atoms with Gasteiger partial charge in [0.25, 0.3) is 0 Å². The van der Waals surface area contributed by atoms with Crippen LogP contribution in [0.4, 0.5) is 4.79 Å². The minimum Gasteiger partial charge on any atom is -0.444 e. The van der Waals surface area contributed by atoms with Gasteiger partial charge >= 0.3 is 6.09 Å². The first-order chi connectivity index (χ1) is 18.9. The molecule has 1 aromatic heterocycles. The highest BCUT2D eigenvalue weighted by Gasteiger charge is 2.50. The molecule has 3 heterocycles. The summed E-state index contributed by atoms with van der Waals surface area (Å²) in [4.78, 5) is 41.1. The average molecular weight is 567 g/mol. The van der Waals surface area contributed by atoms with E-state index in [2.05, 4.69) is 25.8 Å². The quantitative estimate of drug-likeness (QED) is 0.404. The maximum atomic E-state index is 14.4. The van der Waals surface area contributed by atoms with Gasteiger partial charge in [0.1, 0.15) is 11.9 Å². The van der Waals surface area contributed by atoms with Crippen molar-refractivity contribution in [2.45, 2.75) is 115 Å². The van der Waals surface area contributed by atoms with Gasteiger partial charge in [0.2, 0.25) is 5.91 Å². The van der Waals surface area contributed by atoms with E-state index in [1.807, 2.05) is 54.8 Å². The highest BCUT2D eigenvalue weighted by atomic mass is 35.5. The van der Waals surface area contributed by atoms with Gasteiger partial charge in [-0.05, 0) is 102 Å². The number of amides is 2. The Hall–Kier alpha value is -2.67. The Balaban J connectivity index is 1.40. The molecular weight excluding hydrogens is 524 g/mol. The SMILES string of the molecule is CC1CCc2ncnc(C3CCN(C(=O)C(c4ccc(Cl)cc4)C4CCC(C)(C)N4C(=O)OC(C)(C)C)CC3)c21. The van der Waals surface area contributed by atoms with Crippen LogP contribution in [0, 0.1) is 0 Å². The van der Waals surface area contributed by atoms with E-state index >= 15 is 0 Å². The second-order valence-electron chi connectivity index (χ2n) is 13.5. The second kappa shape index (κ2) is 11.0. The lowest BCUT2D eigenvalue weighted by atomic mass is 9.85. The van der Waals surface area contributed by atoms with Crippen molar-refractivity contribution >= 4 is 23.6 Å². The molecule has 5 rings (SSSR count). The molecule has 2 fully saturated rings. The Morgan fingerprint density at radius 1 is 1.05 bits per heavy atom. The number of rotatable bonds is 4. The summed E-state index contributed by atoms with van der Waals surface area (Å²) in [5, 5.41) is 0.623. The molecule has 3 unspecified atom stereocenters. The van der Waals surface area contributed by atoms with Gasteiger partial charge in [-0.15, -0.1) is 0 Å². The van der Waals surface area contributed by atoms with Crippen LogP contribution in [-0.2, 0) is 16.0 Å². The van der Waals surface area contributed by atoms with E-state index < -0.39 is 17.1 Å². The van der Waals surface area contributed by atoms with E-state index in [1.165, 1.54) is 17.0 Å². The van der Waals surface area contributed by atoms with E-state index in [1.54, 1.807) is 6.33 Å². The standard InChI is InChI=1S/C32H43ClN4O3/c1-20-7-12-24-26(20)28(35-19-34-24)22-14-17-36(18-15-22)29(38)27(21-8-10-23(33)11-9-21)25-13-16-32(5,6)37(25)30(39)40-31(2,3)4/h8-11,19-20,22,25,27H,7,12-18H2,1-6H3. The van der Waals surface area contributed by atoms with Crippen LogP contribution in [0.25, 0.3) is 0 Å². The first kappa shape index (κ1) is 28.8. The summed E-state index contributed by atoms with van der Waals surface area (Å²) in [6.45, 7) is 13.4. The fourth-order valence-electron chi connectivity index (χ4n) is 6.99. The molecule has 40 heavy (non-hydrogen) atoms. The number of aromatic nitrogens is 2. The third kappa shape index (κ3) is 5.72. The zero-order chi connectivity index (χ0) is 28.8. The number of benzene rings is 1. The van der Waals surface area contributed by atoms with E-state index in [0.29, 0.717) is 29.9 Å². The average Bonchev–Trinajstić information content (AvgIpc) is 3.43. The third-order valence-corrected chi connectivity index (χ3v) is 9.26. The smallest absolute Gasteiger partial charge is 0.411 e. The van der Waals surface area contributed by atoms with Crippen molar-refractivity contribution in [3.8, 4) is 0 Å². The van der Waals surface area contributed by atoms with E-state index in [4.69, 9.17) is 21.3 Å². The molecule has 0 radical (unpaired) electrons. The lowest BCUT2D eigenvalue weighted by Gasteiger charge is -2.41. The Bertz CT molecular complexity index is 1250. The summed E-state index contributed by atoms with van der Waals surface area (Å²) < 4.78 is 5.86. The molecule has 8 heteroatoms. The Kier molecular flexibility index (Phi) is 7.90. The normalized spacial score (nSPS) is 23.7. The van der Waals surface area contributed by atoms with Crippen molar-refractivity contribution in [1.82, 2.24) is 19.8 Å². The van der Waals surface area contributed by atoms with Crippen molar-refractivity contribution in [3.63, 3.8) is 0 Å². The van der Waals surface area contributed by atoms with E-state index in [0.717, 1.165) is 44.1 Å². The van der Waals surface area contributed by atoms with E-state index in [-0.39, 0.29) is 18.0 Å². The number of carbonyl (C=O) groups excluding carboxylic acids is 2. The molecular formula is C32H43ClN4O3. The molecule has 0 spiro atoms. The predicted molar refractivity (Wildman–Crippen MR) is 157 cm³/mol. The van der Waals surface area contributed by atoms with Gasteiger partial charge in [0.15, 0.2) is 0 Å². The molecule has 3 atom stereocenters. The lowest BCUT2D eigenvalue weighted by Crippen LogP contribution is -2.53. The highest BCUT2D eigenvalue weighted by molar-refractivity contribution is 6.30. The zero-order valence-corrected chi connectivity index (χ0v) is 25.5. The number of hydrogen-bond acceptors (Lipinski definition) is 5. The highest BCUT2D eigenvalue weighted by Crippen LogP contribution is 2.43. The molecule has 1 aliphatic carbocycles. The monoisotopic (exact) mass is 566 g/mol. The molecule has 0 bridgehead atoms. The van der Waals surface area contributed by atoms with Gasteiger partial charge in [0.05, 0.1) is 17.7 Å². The van der Waals surface area contributed by atoms with Crippen LogP contribution >= 0.6 is 11.6 Å². The number of halogens is 1. The molecule has 1 aromatic carbocycles. The number of hydrogen-bond donors (Lipinski definition) is 0. The number of aryl methyl sites for hydroxylation is 1. The molecule has 2 saturated heterocycles. The van der Waals surface area contributed by atoms with Gasteiger partial charge < -0.3 is 9.64 Å². The van der Waals surface area contributed by atoms with Crippen molar-refractivity contribution in [2.75, 3.05) is 13.1 Å². The topological polar surface area (TPSA) is 75.6 Å². The Morgan fingerprint density at radius 2 is 1.73 bits per heavy atom.